The summed E-state index contributed by atoms with van der Waals surface area (Å²) in [6.45, 7) is 3.18. The van der Waals surface area contributed by atoms with Crippen LogP contribution in [0.3, 0.4) is 0 Å². The van der Waals surface area contributed by atoms with E-state index in [0.717, 1.165) is 14.4 Å². The number of amides is 4. The predicted molar refractivity (Wildman–Crippen MR) is 88.7 cm³/mol. The number of carbonyl (C=O) groups is 3. The molecule has 1 aromatic rings. The molecule has 2 heterocycles. The molecule has 1 aromatic heterocycles. The topological polar surface area (TPSA) is 102 Å². The van der Waals surface area contributed by atoms with Crippen LogP contribution in [0.2, 0.25) is 0 Å². The number of nitrogens with zero attached hydrogens (tertiary/aromatic N) is 4. The van der Waals surface area contributed by atoms with Crippen molar-refractivity contribution in [3.63, 3.8) is 0 Å². The van der Waals surface area contributed by atoms with E-state index in [1.807, 2.05) is 0 Å². The predicted octanol–water partition coefficient (Wildman–Crippen LogP) is -0.189. The van der Waals surface area contributed by atoms with Crippen molar-refractivity contribution in [2.75, 3.05) is 7.05 Å². The Hall–Kier alpha value is -2.71. The Morgan fingerprint density at radius 2 is 1.44 bits per heavy atom. The van der Waals surface area contributed by atoms with Crippen molar-refractivity contribution in [2.45, 2.75) is 33.2 Å². The van der Waals surface area contributed by atoms with Crippen LogP contribution in [0.5, 0.6) is 0 Å². The van der Waals surface area contributed by atoms with Gasteiger partial charge < -0.3 is 0 Å². The Bertz CT molecular complexity index is 862. The van der Waals surface area contributed by atoms with Crippen LogP contribution in [0.4, 0.5) is 4.79 Å². The van der Waals surface area contributed by atoms with Crippen molar-refractivity contribution in [2.24, 2.45) is 19.5 Å². The summed E-state index contributed by atoms with van der Waals surface area (Å²) >= 11 is 0. The van der Waals surface area contributed by atoms with E-state index in [4.69, 9.17) is 0 Å². The van der Waals surface area contributed by atoms with Crippen molar-refractivity contribution < 1.29 is 14.4 Å². The molecule has 1 aliphatic heterocycles. The lowest BCUT2D eigenvalue weighted by Gasteiger charge is -2.42. The van der Waals surface area contributed by atoms with E-state index < -0.39 is 34.5 Å². The van der Waals surface area contributed by atoms with E-state index in [1.165, 1.54) is 31.8 Å². The SMILES string of the molecule is CCC1(CC)C(=O)N(C)C(=O)N(Cc2cc(=O)n(C)c(=O)n2C)C1=O. The van der Waals surface area contributed by atoms with Gasteiger partial charge in [0.15, 0.2) is 0 Å². The summed E-state index contributed by atoms with van der Waals surface area (Å²) < 4.78 is 2.14. The van der Waals surface area contributed by atoms with Crippen LogP contribution < -0.4 is 11.2 Å². The number of imide groups is 2. The molecule has 0 N–H and O–H groups in total. The molecule has 0 radical (unpaired) electrons. The third kappa shape index (κ3) is 2.59. The summed E-state index contributed by atoms with van der Waals surface area (Å²) in [7, 11) is 4.13. The monoisotopic (exact) mass is 350 g/mol. The van der Waals surface area contributed by atoms with E-state index in [2.05, 4.69) is 0 Å². The second-order valence-corrected chi connectivity index (χ2v) is 6.20. The molecule has 25 heavy (non-hydrogen) atoms. The van der Waals surface area contributed by atoms with Crippen LogP contribution in [-0.2, 0) is 30.2 Å². The van der Waals surface area contributed by atoms with Gasteiger partial charge in [-0.3, -0.25) is 33.3 Å². The first-order valence-corrected chi connectivity index (χ1v) is 8.02. The van der Waals surface area contributed by atoms with Crippen molar-refractivity contribution in [3.05, 3.63) is 32.6 Å². The summed E-state index contributed by atoms with van der Waals surface area (Å²) in [5, 5.41) is 0. The Kier molecular flexibility index (Phi) is 4.70. The molecular formula is C16H22N4O5. The van der Waals surface area contributed by atoms with Gasteiger partial charge in [0, 0.05) is 32.9 Å². The van der Waals surface area contributed by atoms with Gasteiger partial charge in [-0.25, -0.2) is 9.59 Å². The van der Waals surface area contributed by atoms with E-state index in [-0.39, 0.29) is 25.1 Å². The molecule has 0 aromatic carbocycles. The maximum Gasteiger partial charge on any atom is 0.333 e. The van der Waals surface area contributed by atoms with Crippen molar-refractivity contribution in [1.29, 1.82) is 0 Å². The van der Waals surface area contributed by atoms with Crippen molar-refractivity contribution in [1.82, 2.24) is 18.9 Å². The summed E-state index contributed by atoms with van der Waals surface area (Å²) in [5.74, 6) is -1.12. The highest BCUT2D eigenvalue weighted by Gasteiger charge is 2.54. The number of urea groups is 1. The molecule has 0 unspecified atom stereocenters. The summed E-state index contributed by atoms with van der Waals surface area (Å²) in [6, 6.07) is 0.443. The van der Waals surface area contributed by atoms with Gasteiger partial charge in [-0.15, -0.1) is 0 Å². The lowest BCUT2D eigenvalue weighted by Crippen LogP contribution is -2.63. The van der Waals surface area contributed by atoms with Crippen LogP contribution in [-0.4, -0.2) is 43.8 Å². The van der Waals surface area contributed by atoms with Gasteiger partial charge in [-0.05, 0) is 12.8 Å². The van der Waals surface area contributed by atoms with Gasteiger partial charge in [0.05, 0.1) is 6.54 Å². The molecule has 2 rings (SSSR count). The number of aromatic nitrogens is 2. The first-order chi connectivity index (χ1) is 11.6. The van der Waals surface area contributed by atoms with Crippen molar-refractivity contribution in [3.8, 4) is 0 Å². The van der Waals surface area contributed by atoms with Crippen molar-refractivity contribution >= 4 is 17.8 Å². The minimum Gasteiger partial charge on any atom is -0.299 e. The van der Waals surface area contributed by atoms with Gasteiger partial charge >= 0.3 is 11.7 Å². The highest BCUT2D eigenvalue weighted by atomic mass is 16.2. The van der Waals surface area contributed by atoms with Gasteiger partial charge in [0.1, 0.15) is 5.41 Å². The fraction of sp³-hybridized carbons (Fsp3) is 0.562. The molecule has 0 spiro atoms. The van der Waals surface area contributed by atoms with Crippen LogP contribution in [0.25, 0.3) is 0 Å². The Morgan fingerprint density at radius 1 is 0.880 bits per heavy atom. The normalized spacial score (nSPS) is 17.4. The molecule has 1 aliphatic rings. The molecule has 0 atom stereocenters. The first kappa shape index (κ1) is 18.6. The third-order valence-corrected chi connectivity index (χ3v) is 5.04. The third-order valence-electron chi connectivity index (χ3n) is 5.04. The van der Waals surface area contributed by atoms with E-state index in [9.17, 15) is 24.0 Å². The molecule has 136 valence electrons. The Labute approximate surface area is 144 Å². The van der Waals surface area contributed by atoms with Crippen LogP contribution in [0.15, 0.2) is 15.7 Å². The fourth-order valence-corrected chi connectivity index (χ4v) is 3.11. The number of rotatable bonds is 4. The Balaban J connectivity index is 2.54. The Morgan fingerprint density at radius 3 is 1.96 bits per heavy atom. The minimum absolute atomic E-state index is 0.221. The summed E-state index contributed by atoms with van der Waals surface area (Å²) in [4.78, 5) is 63.6. The highest BCUT2D eigenvalue weighted by Crippen LogP contribution is 2.35. The molecule has 0 aliphatic carbocycles. The first-order valence-electron chi connectivity index (χ1n) is 8.02. The average molecular weight is 350 g/mol. The molecule has 9 heteroatoms. The van der Waals surface area contributed by atoms with Gasteiger partial charge in [-0.1, -0.05) is 13.8 Å². The standard InChI is InChI=1S/C16H22N4O5/c1-6-16(7-2)12(22)19(5)15(25)20(13(16)23)9-10-8-11(21)18(4)14(24)17(10)3/h8H,6-7,9H2,1-5H3. The molecule has 4 amide bonds. The molecule has 0 saturated carbocycles. The summed E-state index contributed by atoms with van der Waals surface area (Å²) in [5.41, 5.74) is -2.17. The molecule has 9 nitrogen and oxygen atoms in total. The fourth-order valence-electron chi connectivity index (χ4n) is 3.11. The molecule has 0 bridgehead atoms. The van der Waals surface area contributed by atoms with E-state index >= 15 is 0 Å². The minimum atomic E-state index is -1.30. The number of hydrogen-bond donors (Lipinski definition) is 0. The molecular weight excluding hydrogens is 328 g/mol. The lowest BCUT2D eigenvalue weighted by atomic mass is 9.78. The summed E-state index contributed by atoms with van der Waals surface area (Å²) in [6.07, 6.45) is 0.509. The zero-order chi connectivity index (χ0) is 19.1. The van der Waals surface area contributed by atoms with Gasteiger partial charge in [0.25, 0.3) is 5.56 Å². The van der Waals surface area contributed by atoms with Crippen LogP contribution in [0.1, 0.15) is 32.4 Å². The quantitative estimate of drug-likeness (QED) is 0.701. The highest BCUT2D eigenvalue weighted by molar-refractivity contribution is 6.18. The maximum absolute atomic E-state index is 12.9. The number of barbiturate groups is 1. The molecule has 1 saturated heterocycles. The van der Waals surface area contributed by atoms with Gasteiger partial charge in [0.2, 0.25) is 11.8 Å². The number of carbonyl (C=O) groups excluding carboxylic acids is 3. The average Bonchev–Trinajstić information content (AvgIpc) is 2.60. The van der Waals surface area contributed by atoms with Gasteiger partial charge in [-0.2, -0.15) is 0 Å². The molecule has 1 fully saturated rings. The smallest absolute Gasteiger partial charge is 0.299 e. The van der Waals surface area contributed by atoms with E-state index in [0.29, 0.717) is 0 Å². The second-order valence-electron chi connectivity index (χ2n) is 6.20. The number of hydrogen-bond acceptors (Lipinski definition) is 5. The lowest BCUT2D eigenvalue weighted by molar-refractivity contribution is -0.159. The zero-order valence-electron chi connectivity index (χ0n) is 15.0. The van der Waals surface area contributed by atoms with Crippen LogP contribution >= 0.6 is 0 Å². The second kappa shape index (κ2) is 6.30. The maximum atomic E-state index is 12.9. The zero-order valence-corrected chi connectivity index (χ0v) is 15.0. The largest absolute Gasteiger partial charge is 0.333 e. The van der Waals surface area contributed by atoms with E-state index in [1.54, 1.807) is 13.8 Å². The van der Waals surface area contributed by atoms with Crippen LogP contribution in [0, 0.1) is 5.41 Å².